The van der Waals surface area contributed by atoms with E-state index < -0.39 is 18.0 Å². The molecule has 0 aliphatic rings. The number of carbonyl (C=O) groups is 2. The third-order valence-corrected chi connectivity index (χ3v) is 3.50. The Hall–Kier alpha value is -1.93. The summed E-state index contributed by atoms with van der Waals surface area (Å²) in [6.45, 7) is 0. The highest BCUT2D eigenvalue weighted by Crippen LogP contribution is 2.21. The zero-order valence-electron chi connectivity index (χ0n) is 10.8. The molecule has 6 heteroatoms. The Morgan fingerprint density at radius 2 is 1.76 bits per heavy atom. The molecule has 5 nitrogen and oxygen atoms in total. The number of benzene rings is 2. The Labute approximate surface area is 134 Å². The molecule has 3 N–H and O–H groups in total. The van der Waals surface area contributed by atoms with E-state index in [2.05, 4.69) is 5.32 Å². The van der Waals surface area contributed by atoms with Gasteiger partial charge in [-0.1, -0.05) is 30.3 Å². The minimum absolute atomic E-state index is 0.0180. The highest BCUT2D eigenvalue weighted by Gasteiger charge is 2.19. The summed E-state index contributed by atoms with van der Waals surface area (Å²) in [4.78, 5) is 23.2. The van der Waals surface area contributed by atoms with E-state index in [1.165, 1.54) is 12.1 Å². The summed E-state index contributed by atoms with van der Waals surface area (Å²) >= 11 is 1.99. The number of aliphatic hydroxyl groups is 1. The minimum Gasteiger partial charge on any atom is -0.478 e. The molecule has 21 heavy (non-hydrogen) atoms. The van der Waals surface area contributed by atoms with Crippen LogP contribution in [0.25, 0.3) is 0 Å². The number of carbonyl (C=O) groups excluding carboxylic acids is 1. The van der Waals surface area contributed by atoms with Crippen LogP contribution in [0.2, 0.25) is 0 Å². The molecule has 0 aromatic heterocycles. The highest BCUT2D eigenvalue weighted by atomic mass is 127. The van der Waals surface area contributed by atoms with Gasteiger partial charge in [0.15, 0.2) is 6.10 Å². The number of hydrogen-bond donors (Lipinski definition) is 3. The van der Waals surface area contributed by atoms with Gasteiger partial charge >= 0.3 is 5.97 Å². The smallest absolute Gasteiger partial charge is 0.337 e. The molecule has 2 aromatic carbocycles. The number of nitrogens with one attached hydrogen (secondary N) is 1. The van der Waals surface area contributed by atoms with Crippen molar-refractivity contribution in [3.05, 3.63) is 63.2 Å². The largest absolute Gasteiger partial charge is 0.478 e. The number of aliphatic hydroxyl groups excluding tert-OH is 1. The molecule has 1 amide bonds. The number of carboxylic acids is 1. The van der Waals surface area contributed by atoms with Gasteiger partial charge in [-0.05, 0) is 46.4 Å². The van der Waals surface area contributed by atoms with Crippen molar-refractivity contribution in [3.8, 4) is 0 Å². The lowest BCUT2D eigenvalue weighted by molar-refractivity contribution is -0.124. The lowest BCUT2D eigenvalue weighted by atomic mass is 10.1. The van der Waals surface area contributed by atoms with Crippen molar-refractivity contribution in [3.63, 3.8) is 0 Å². The average molecular weight is 397 g/mol. The summed E-state index contributed by atoms with van der Waals surface area (Å²) in [5, 5.41) is 21.6. The minimum atomic E-state index is -1.35. The molecule has 0 spiro atoms. The Bertz CT molecular complexity index is 673. The Morgan fingerprint density at radius 3 is 2.38 bits per heavy atom. The molecular formula is C15H12INO4. The standard InChI is InChI=1S/C15H12INO4/c16-10-6-7-12(11(8-10)15(20)21)17-14(19)13(18)9-4-2-1-3-5-9/h1-8,13,18H,(H,17,19)(H,20,21). The van der Waals surface area contributed by atoms with E-state index >= 15 is 0 Å². The second-order valence-corrected chi connectivity index (χ2v) is 5.54. The predicted octanol–water partition coefficient (Wildman–Crippen LogP) is 2.66. The number of aromatic carboxylic acids is 1. The fraction of sp³-hybridized carbons (Fsp3) is 0.0667. The molecular weight excluding hydrogens is 385 g/mol. The molecule has 108 valence electrons. The first-order chi connectivity index (χ1) is 9.99. The fourth-order valence-corrected chi connectivity index (χ4v) is 2.28. The number of hydrogen-bond acceptors (Lipinski definition) is 3. The summed E-state index contributed by atoms with van der Waals surface area (Å²) < 4.78 is 0.742. The van der Waals surface area contributed by atoms with Crippen LogP contribution in [0.3, 0.4) is 0 Å². The van der Waals surface area contributed by atoms with Gasteiger partial charge in [-0.2, -0.15) is 0 Å². The van der Waals surface area contributed by atoms with Crippen LogP contribution in [0, 0.1) is 3.57 Å². The Balaban J connectivity index is 2.22. The van der Waals surface area contributed by atoms with Crippen molar-refractivity contribution in [1.82, 2.24) is 0 Å². The predicted molar refractivity (Wildman–Crippen MR) is 86.1 cm³/mol. The lowest BCUT2D eigenvalue weighted by Gasteiger charge is -2.13. The molecule has 0 radical (unpaired) electrons. The van der Waals surface area contributed by atoms with Gasteiger partial charge in [-0.25, -0.2) is 4.79 Å². The van der Waals surface area contributed by atoms with Crippen LogP contribution in [-0.4, -0.2) is 22.1 Å². The molecule has 0 fully saturated rings. The van der Waals surface area contributed by atoms with Gasteiger partial charge in [-0.15, -0.1) is 0 Å². The van der Waals surface area contributed by atoms with E-state index in [1.807, 2.05) is 22.6 Å². The lowest BCUT2D eigenvalue weighted by Crippen LogP contribution is -2.22. The van der Waals surface area contributed by atoms with Gasteiger partial charge < -0.3 is 15.5 Å². The summed E-state index contributed by atoms with van der Waals surface area (Å²) in [6.07, 6.45) is -1.35. The van der Waals surface area contributed by atoms with Crippen LogP contribution in [0.5, 0.6) is 0 Å². The quantitative estimate of drug-likeness (QED) is 0.693. The first kappa shape index (κ1) is 15.5. The molecule has 0 saturated heterocycles. The molecule has 2 rings (SSSR count). The number of halogens is 1. The molecule has 1 atom stereocenters. The zero-order chi connectivity index (χ0) is 15.4. The van der Waals surface area contributed by atoms with Crippen molar-refractivity contribution < 1.29 is 19.8 Å². The first-order valence-corrected chi connectivity index (χ1v) is 7.13. The first-order valence-electron chi connectivity index (χ1n) is 6.06. The Morgan fingerprint density at radius 1 is 1.10 bits per heavy atom. The van der Waals surface area contributed by atoms with Crippen LogP contribution < -0.4 is 5.32 Å². The maximum atomic E-state index is 12.0. The van der Waals surface area contributed by atoms with Gasteiger partial charge in [0.25, 0.3) is 5.91 Å². The molecule has 2 aromatic rings. The second kappa shape index (κ2) is 6.68. The fourth-order valence-electron chi connectivity index (χ4n) is 1.79. The summed E-state index contributed by atoms with van der Waals surface area (Å²) in [7, 11) is 0. The van der Waals surface area contributed by atoms with E-state index in [0.29, 0.717) is 5.56 Å². The van der Waals surface area contributed by atoms with E-state index in [0.717, 1.165) is 3.57 Å². The third-order valence-electron chi connectivity index (χ3n) is 2.83. The van der Waals surface area contributed by atoms with Gasteiger partial charge in [0.2, 0.25) is 0 Å². The number of rotatable bonds is 4. The van der Waals surface area contributed by atoms with Crippen LogP contribution in [0.4, 0.5) is 5.69 Å². The van der Waals surface area contributed by atoms with Crippen molar-refractivity contribution in [2.24, 2.45) is 0 Å². The van der Waals surface area contributed by atoms with Crippen LogP contribution in [0.1, 0.15) is 22.0 Å². The molecule has 0 heterocycles. The Kier molecular flexibility index (Phi) is 4.92. The average Bonchev–Trinajstić information content (AvgIpc) is 2.49. The molecule has 0 aliphatic heterocycles. The number of anilines is 1. The van der Waals surface area contributed by atoms with Gasteiger partial charge in [0.05, 0.1) is 11.3 Å². The summed E-state index contributed by atoms with van der Waals surface area (Å²) in [5.74, 6) is -1.82. The summed E-state index contributed by atoms with van der Waals surface area (Å²) in [5.41, 5.74) is 0.579. The topological polar surface area (TPSA) is 86.6 Å². The van der Waals surface area contributed by atoms with E-state index in [1.54, 1.807) is 36.4 Å². The second-order valence-electron chi connectivity index (χ2n) is 4.30. The summed E-state index contributed by atoms with van der Waals surface area (Å²) in [6, 6.07) is 13.1. The van der Waals surface area contributed by atoms with Crippen LogP contribution >= 0.6 is 22.6 Å². The van der Waals surface area contributed by atoms with Crippen molar-refractivity contribution >= 4 is 40.2 Å². The van der Waals surface area contributed by atoms with Crippen molar-refractivity contribution in [2.75, 3.05) is 5.32 Å². The SMILES string of the molecule is O=C(O)c1cc(I)ccc1NC(=O)C(O)c1ccccc1. The van der Waals surface area contributed by atoms with Gasteiger partial charge in [-0.3, -0.25) is 4.79 Å². The highest BCUT2D eigenvalue weighted by molar-refractivity contribution is 14.1. The maximum Gasteiger partial charge on any atom is 0.337 e. The van der Waals surface area contributed by atoms with Crippen molar-refractivity contribution in [2.45, 2.75) is 6.10 Å². The number of carboxylic acid groups (broad SMARTS) is 1. The molecule has 0 saturated carbocycles. The number of amides is 1. The molecule has 0 aliphatic carbocycles. The zero-order valence-corrected chi connectivity index (χ0v) is 12.9. The monoisotopic (exact) mass is 397 g/mol. The normalized spacial score (nSPS) is 11.7. The van der Waals surface area contributed by atoms with E-state index in [4.69, 9.17) is 5.11 Å². The van der Waals surface area contributed by atoms with Gasteiger partial charge in [0.1, 0.15) is 0 Å². The van der Waals surface area contributed by atoms with Crippen molar-refractivity contribution in [1.29, 1.82) is 0 Å². The van der Waals surface area contributed by atoms with Crippen LogP contribution in [0.15, 0.2) is 48.5 Å². The third kappa shape index (κ3) is 3.79. The van der Waals surface area contributed by atoms with Gasteiger partial charge in [0, 0.05) is 3.57 Å². The van der Waals surface area contributed by atoms with E-state index in [9.17, 15) is 14.7 Å². The van der Waals surface area contributed by atoms with Crippen LogP contribution in [-0.2, 0) is 4.79 Å². The molecule has 1 unspecified atom stereocenters. The molecule has 0 bridgehead atoms. The van der Waals surface area contributed by atoms with E-state index in [-0.39, 0.29) is 11.3 Å². The maximum absolute atomic E-state index is 12.0.